The molecule has 5 heteroatoms. The summed E-state index contributed by atoms with van der Waals surface area (Å²) < 4.78 is 1.70. The average molecular weight is 259 g/mol. The van der Waals surface area contributed by atoms with Gasteiger partial charge in [0.1, 0.15) is 0 Å². The van der Waals surface area contributed by atoms with Gasteiger partial charge in [-0.3, -0.25) is 16.0 Å². The number of aryl methyl sites for hydroxylation is 1. The summed E-state index contributed by atoms with van der Waals surface area (Å²) in [5, 5.41) is 8.03. The molecule has 1 aromatic carbocycles. The number of rotatable bonds is 5. The van der Waals surface area contributed by atoms with Crippen LogP contribution in [0.3, 0.4) is 0 Å². The third-order valence-corrected chi connectivity index (χ3v) is 3.27. The van der Waals surface area contributed by atoms with Gasteiger partial charge in [0, 0.05) is 19.7 Å². The zero-order chi connectivity index (χ0) is 13.8. The van der Waals surface area contributed by atoms with E-state index in [9.17, 15) is 0 Å². The van der Waals surface area contributed by atoms with Crippen LogP contribution in [0.15, 0.2) is 30.5 Å². The minimum Gasteiger partial charge on any atom is -0.271 e. The highest BCUT2D eigenvalue weighted by molar-refractivity contribution is 5.27. The van der Waals surface area contributed by atoms with Crippen LogP contribution in [0.25, 0.3) is 0 Å². The molecule has 3 N–H and O–H groups in total. The van der Waals surface area contributed by atoms with Crippen LogP contribution in [-0.2, 0) is 13.5 Å². The zero-order valence-electron chi connectivity index (χ0n) is 11.7. The highest BCUT2D eigenvalue weighted by Gasteiger charge is 2.13. The largest absolute Gasteiger partial charge is 0.271 e. The molecular weight excluding hydrogens is 238 g/mol. The molecule has 0 saturated carbocycles. The van der Waals surface area contributed by atoms with E-state index < -0.39 is 0 Å². The van der Waals surface area contributed by atoms with Gasteiger partial charge in [-0.25, -0.2) is 0 Å². The number of nitrogens with zero attached hydrogens (tertiary/aromatic N) is 3. The van der Waals surface area contributed by atoms with Crippen LogP contribution >= 0.6 is 0 Å². The molecule has 0 aliphatic heterocycles. The third kappa shape index (κ3) is 3.39. The molecule has 0 spiro atoms. The van der Waals surface area contributed by atoms with Crippen LogP contribution in [0, 0.1) is 0 Å². The van der Waals surface area contributed by atoms with Crippen molar-refractivity contribution in [3.63, 3.8) is 0 Å². The van der Waals surface area contributed by atoms with Crippen molar-refractivity contribution in [3.8, 4) is 0 Å². The first-order chi connectivity index (χ1) is 9.10. The summed E-state index contributed by atoms with van der Waals surface area (Å²) in [5.41, 5.74) is 6.27. The van der Waals surface area contributed by atoms with E-state index in [4.69, 9.17) is 5.84 Å². The molecule has 0 radical (unpaired) electrons. The molecule has 1 unspecified atom stereocenters. The first kappa shape index (κ1) is 13.7. The first-order valence-electron chi connectivity index (χ1n) is 6.51. The number of hydrazine groups is 1. The van der Waals surface area contributed by atoms with Gasteiger partial charge in [0.15, 0.2) is 0 Å². The summed E-state index contributed by atoms with van der Waals surface area (Å²) in [6.07, 6.45) is 2.64. The molecule has 0 aliphatic rings. The summed E-state index contributed by atoms with van der Waals surface area (Å²) in [7, 11) is 1.86. The Morgan fingerprint density at radius 2 is 1.84 bits per heavy atom. The predicted octanol–water partition coefficient (Wildman–Crippen LogP) is 1.69. The van der Waals surface area contributed by atoms with Crippen LogP contribution < -0.4 is 11.3 Å². The normalized spacial score (nSPS) is 12.9. The van der Waals surface area contributed by atoms with E-state index in [0.717, 1.165) is 17.7 Å². The van der Waals surface area contributed by atoms with Crippen LogP contribution in [0.4, 0.5) is 0 Å². The Balaban J connectivity index is 2.12. The molecule has 1 heterocycles. The molecule has 0 aliphatic carbocycles. The Hall–Kier alpha value is -1.72. The van der Waals surface area contributed by atoms with Gasteiger partial charge >= 0.3 is 0 Å². The lowest BCUT2D eigenvalue weighted by atomic mass is 9.97. The van der Waals surface area contributed by atoms with Gasteiger partial charge < -0.3 is 0 Å². The van der Waals surface area contributed by atoms with E-state index in [-0.39, 0.29) is 6.04 Å². The van der Waals surface area contributed by atoms with Crippen molar-refractivity contribution in [2.45, 2.75) is 32.2 Å². The molecule has 19 heavy (non-hydrogen) atoms. The van der Waals surface area contributed by atoms with E-state index in [2.05, 4.69) is 53.9 Å². The van der Waals surface area contributed by atoms with Gasteiger partial charge in [0.05, 0.1) is 11.7 Å². The second kappa shape index (κ2) is 5.95. The van der Waals surface area contributed by atoms with Crippen LogP contribution in [0.2, 0.25) is 0 Å². The minimum absolute atomic E-state index is 0.0536. The SMILES string of the molecule is CC(C)c1ccc(C(Cc2cn(C)nn2)NN)cc1. The van der Waals surface area contributed by atoms with Crippen molar-refractivity contribution < 1.29 is 0 Å². The summed E-state index contributed by atoms with van der Waals surface area (Å²) in [4.78, 5) is 0. The second-order valence-electron chi connectivity index (χ2n) is 5.13. The van der Waals surface area contributed by atoms with Crippen molar-refractivity contribution in [2.24, 2.45) is 12.9 Å². The maximum atomic E-state index is 5.65. The fourth-order valence-electron chi connectivity index (χ4n) is 2.08. The van der Waals surface area contributed by atoms with Crippen molar-refractivity contribution in [1.82, 2.24) is 20.4 Å². The zero-order valence-corrected chi connectivity index (χ0v) is 11.7. The lowest BCUT2D eigenvalue weighted by molar-refractivity contribution is 0.545. The Morgan fingerprint density at radius 1 is 1.21 bits per heavy atom. The summed E-state index contributed by atoms with van der Waals surface area (Å²) in [6.45, 7) is 4.38. The van der Waals surface area contributed by atoms with Gasteiger partial charge in [-0.2, -0.15) is 0 Å². The molecule has 0 fully saturated rings. The molecule has 0 amide bonds. The standard InChI is InChI=1S/C14H21N5/c1-10(2)11-4-6-12(7-5-11)14(16-15)8-13-9-19(3)18-17-13/h4-7,9-10,14,16H,8,15H2,1-3H3. The lowest BCUT2D eigenvalue weighted by Crippen LogP contribution is -2.29. The van der Waals surface area contributed by atoms with Crippen molar-refractivity contribution in [3.05, 3.63) is 47.3 Å². The average Bonchev–Trinajstić information content (AvgIpc) is 2.81. The number of aromatic nitrogens is 3. The maximum Gasteiger partial charge on any atom is 0.0846 e. The molecule has 5 nitrogen and oxygen atoms in total. The van der Waals surface area contributed by atoms with Crippen molar-refractivity contribution in [2.75, 3.05) is 0 Å². The van der Waals surface area contributed by atoms with Gasteiger partial charge in [-0.15, -0.1) is 5.10 Å². The van der Waals surface area contributed by atoms with Gasteiger partial charge in [0.2, 0.25) is 0 Å². The second-order valence-corrected chi connectivity index (χ2v) is 5.13. The van der Waals surface area contributed by atoms with E-state index >= 15 is 0 Å². The molecule has 1 aromatic heterocycles. The molecule has 0 saturated heterocycles. The number of hydrogen-bond donors (Lipinski definition) is 2. The topological polar surface area (TPSA) is 68.8 Å². The quantitative estimate of drug-likeness (QED) is 0.633. The van der Waals surface area contributed by atoms with E-state index in [1.165, 1.54) is 5.56 Å². The van der Waals surface area contributed by atoms with E-state index in [0.29, 0.717) is 5.92 Å². The number of nitrogens with one attached hydrogen (secondary N) is 1. The fraction of sp³-hybridized carbons (Fsp3) is 0.429. The number of hydrogen-bond acceptors (Lipinski definition) is 4. The lowest BCUT2D eigenvalue weighted by Gasteiger charge is -2.16. The monoisotopic (exact) mass is 259 g/mol. The Morgan fingerprint density at radius 3 is 2.32 bits per heavy atom. The van der Waals surface area contributed by atoms with Gasteiger partial charge in [0.25, 0.3) is 0 Å². The molecular formula is C14H21N5. The maximum absolute atomic E-state index is 5.65. The third-order valence-electron chi connectivity index (χ3n) is 3.27. The predicted molar refractivity (Wildman–Crippen MR) is 75.3 cm³/mol. The summed E-state index contributed by atoms with van der Waals surface area (Å²) in [6, 6.07) is 8.60. The molecule has 2 aromatic rings. The van der Waals surface area contributed by atoms with Crippen LogP contribution in [-0.4, -0.2) is 15.0 Å². The Bertz CT molecular complexity index is 515. The summed E-state index contributed by atoms with van der Waals surface area (Å²) >= 11 is 0. The highest BCUT2D eigenvalue weighted by Crippen LogP contribution is 2.20. The molecule has 0 bridgehead atoms. The summed E-state index contributed by atoms with van der Waals surface area (Å²) in [5.74, 6) is 6.19. The Labute approximate surface area is 113 Å². The first-order valence-corrected chi connectivity index (χ1v) is 6.51. The number of benzene rings is 1. The van der Waals surface area contributed by atoms with Gasteiger partial charge in [-0.05, 0) is 17.0 Å². The van der Waals surface area contributed by atoms with E-state index in [1.807, 2.05) is 13.2 Å². The van der Waals surface area contributed by atoms with Crippen LogP contribution in [0.5, 0.6) is 0 Å². The van der Waals surface area contributed by atoms with Gasteiger partial charge in [-0.1, -0.05) is 43.3 Å². The minimum atomic E-state index is 0.0536. The Kier molecular flexibility index (Phi) is 4.29. The molecule has 1 atom stereocenters. The van der Waals surface area contributed by atoms with Crippen molar-refractivity contribution in [1.29, 1.82) is 0 Å². The smallest absolute Gasteiger partial charge is 0.0846 e. The van der Waals surface area contributed by atoms with E-state index in [1.54, 1.807) is 4.68 Å². The fourth-order valence-corrected chi connectivity index (χ4v) is 2.08. The highest BCUT2D eigenvalue weighted by atomic mass is 15.4. The molecule has 2 rings (SSSR count). The molecule has 102 valence electrons. The van der Waals surface area contributed by atoms with Crippen LogP contribution in [0.1, 0.15) is 42.6 Å². The number of nitrogens with two attached hydrogens (primary N) is 1. The van der Waals surface area contributed by atoms with Crippen molar-refractivity contribution >= 4 is 0 Å².